The molecule has 0 spiro atoms. The maximum Gasteiger partial charge on any atom is 0.0875 e. The Morgan fingerprint density at radius 1 is 1.09 bits per heavy atom. The van der Waals surface area contributed by atoms with Crippen LogP contribution in [0.4, 0.5) is 0 Å². The van der Waals surface area contributed by atoms with Crippen LogP contribution in [0.3, 0.4) is 0 Å². The fraction of sp³-hybridized carbons (Fsp3) is 0.889. The van der Waals surface area contributed by atoms with Gasteiger partial charge in [-0.1, -0.05) is 37.8 Å². The highest BCUT2D eigenvalue weighted by Crippen LogP contribution is 2.45. The van der Waals surface area contributed by atoms with Gasteiger partial charge in [-0.05, 0) is 51.0 Å². The lowest BCUT2D eigenvalue weighted by atomic mass is 9.80. The topological polar surface area (TPSA) is 34.0 Å². The van der Waals surface area contributed by atoms with Crippen LogP contribution in [0.1, 0.15) is 82.1 Å². The van der Waals surface area contributed by atoms with Gasteiger partial charge in [-0.3, -0.25) is 4.90 Å². The molecule has 4 heteroatoms. The Labute approximate surface area is 134 Å². The molecular weight excluding hydrogens is 272 g/mol. The number of nitrogens with zero attached hydrogens (tertiary/aromatic N) is 4. The lowest BCUT2D eigenvalue weighted by molar-refractivity contribution is 0.0641. The number of aromatic nitrogens is 3. The summed E-state index contributed by atoms with van der Waals surface area (Å²) in [6, 6.07) is 1.34. The third-order valence-electron chi connectivity index (χ3n) is 6.15. The summed E-state index contributed by atoms with van der Waals surface area (Å²) in [6.45, 7) is 4.65. The van der Waals surface area contributed by atoms with Crippen molar-refractivity contribution < 1.29 is 0 Å². The Kier molecular flexibility index (Phi) is 4.21. The van der Waals surface area contributed by atoms with Crippen molar-refractivity contribution in [1.29, 1.82) is 0 Å². The molecule has 0 N–H and O–H groups in total. The second-order valence-corrected chi connectivity index (χ2v) is 7.58. The fourth-order valence-electron chi connectivity index (χ4n) is 5.06. The molecule has 3 heterocycles. The largest absolute Gasteiger partial charge is 0.290 e. The summed E-state index contributed by atoms with van der Waals surface area (Å²) in [5.74, 6) is 0.840. The maximum atomic E-state index is 4.59. The highest BCUT2D eigenvalue weighted by Gasteiger charge is 2.43. The molecule has 4 rings (SSSR count). The molecule has 1 saturated heterocycles. The van der Waals surface area contributed by atoms with E-state index in [0.717, 1.165) is 24.9 Å². The molecular formula is C18H30N4. The molecule has 2 atom stereocenters. The van der Waals surface area contributed by atoms with Crippen molar-refractivity contribution in [3.05, 3.63) is 11.4 Å². The third kappa shape index (κ3) is 2.49. The Bertz CT molecular complexity index is 503. The van der Waals surface area contributed by atoms with Gasteiger partial charge >= 0.3 is 0 Å². The molecule has 0 unspecified atom stereocenters. The average molecular weight is 302 g/mol. The number of rotatable bonds is 4. The lowest BCUT2D eigenvalue weighted by Gasteiger charge is -2.43. The number of fused-ring (bicyclic) bond motifs is 2. The van der Waals surface area contributed by atoms with Crippen molar-refractivity contribution in [1.82, 2.24) is 19.9 Å². The van der Waals surface area contributed by atoms with Gasteiger partial charge in [0, 0.05) is 6.04 Å². The predicted molar refractivity (Wildman–Crippen MR) is 87.7 cm³/mol. The highest BCUT2D eigenvalue weighted by molar-refractivity contribution is 5.20. The van der Waals surface area contributed by atoms with E-state index in [0.29, 0.717) is 6.04 Å². The van der Waals surface area contributed by atoms with Crippen LogP contribution < -0.4 is 0 Å². The van der Waals surface area contributed by atoms with Gasteiger partial charge in [0.25, 0.3) is 0 Å². The summed E-state index contributed by atoms with van der Waals surface area (Å²) < 4.78 is 2.29. The molecule has 1 aromatic rings. The van der Waals surface area contributed by atoms with Gasteiger partial charge in [0.15, 0.2) is 0 Å². The molecule has 3 aliphatic rings. The van der Waals surface area contributed by atoms with Crippen LogP contribution in [0.2, 0.25) is 0 Å². The maximum absolute atomic E-state index is 4.59. The van der Waals surface area contributed by atoms with E-state index in [1.807, 2.05) is 0 Å². The summed E-state index contributed by atoms with van der Waals surface area (Å²) in [4.78, 5) is 2.84. The lowest BCUT2D eigenvalue weighted by Crippen LogP contribution is -2.46. The van der Waals surface area contributed by atoms with Gasteiger partial charge in [-0.2, -0.15) is 0 Å². The van der Waals surface area contributed by atoms with Crippen molar-refractivity contribution in [2.24, 2.45) is 5.92 Å². The molecule has 1 aliphatic carbocycles. The summed E-state index contributed by atoms with van der Waals surface area (Å²) in [5.41, 5.74) is 2.81. The number of aryl methyl sites for hydroxylation is 1. The van der Waals surface area contributed by atoms with E-state index < -0.39 is 0 Å². The van der Waals surface area contributed by atoms with E-state index in [1.165, 1.54) is 75.7 Å². The molecule has 2 fully saturated rings. The van der Waals surface area contributed by atoms with Crippen molar-refractivity contribution >= 4 is 0 Å². The van der Waals surface area contributed by atoms with Crippen molar-refractivity contribution in [2.45, 2.75) is 89.8 Å². The number of unbranched alkanes of at least 4 members (excludes halogenated alkanes) is 1. The van der Waals surface area contributed by atoms with Gasteiger partial charge in [0.05, 0.1) is 24.0 Å². The first kappa shape index (κ1) is 14.7. The average Bonchev–Trinajstić information content (AvgIpc) is 3.18. The molecule has 0 amide bonds. The summed E-state index contributed by atoms with van der Waals surface area (Å²) in [6.07, 6.45) is 13.4. The second-order valence-electron chi connectivity index (χ2n) is 7.58. The first-order valence-electron chi connectivity index (χ1n) is 9.56. The summed E-state index contributed by atoms with van der Waals surface area (Å²) in [7, 11) is 0. The quantitative estimate of drug-likeness (QED) is 0.850. The fourth-order valence-corrected chi connectivity index (χ4v) is 5.06. The third-order valence-corrected chi connectivity index (χ3v) is 6.15. The van der Waals surface area contributed by atoms with E-state index in [-0.39, 0.29) is 0 Å². The predicted octanol–water partition coefficient (Wildman–Crippen LogP) is 3.72. The molecule has 0 aromatic carbocycles. The van der Waals surface area contributed by atoms with Crippen LogP contribution in [0.5, 0.6) is 0 Å². The van der Waals surface area contributed by atoms with Gasteiger partial charge in [-0.25, -0.2) is 4.68 Å². The second kappa shape index (κ2) is 6.31. The van der Waals surface area contributed by atoms with Gasteiger partial charge in [-0.15, -0.1) is 5.10 Å². The van der Waals surface area contributed by atoms with Crippen molar-refractivity contribution in [3.63, 3.8) is 0 Å². The molecule has 122 valence electrons. The summed E-state index contributed by atoms with van der Waals surface area (Å²) >= 11 is 0. The Hall–Kier alpha value is -0.900. The first-order valence-corrected chi connectivity index (χ1v) is 9.56. The monoisotopic (exact) mass is 302 g/mol. The normalized spacial score (nSPS) is 29.5. The molecule has 4 nitrogen and oxygen atoms in total. The van der Waals surface area contributed by atoms with Crippen LogP contribution in [-0.4, -0.2) is 32.5 Å². The van der Waals surface area contributed by atoms with Crippen LogP contribution in [0.25, 0.3) is 0 Å². The van der Waals surface area contributed by atoms with Crippen molar-refractivity contribution in [2.75, 3.05) is 6.54 Å². The van der Waals surface area contributed by atoms with E-state index in [2.05, 4.69) is 26.8 Å². The van der Waals surface area contributed by atoms with Crippen molar-refractivity contribution in [3.8, 4) is 0 Å². The van der Waals surface area contributed by atoms with E-state index in [1.54, 1.807) is 0 Å². The van der Waals surface area contributed by atoms with E-state index in [4.69, 9.17) is 0 Å². The van der Waals surface area contributed by atoms with E-state index in [9.17, 15) is 0 Å². The zero-order chi connectivity index (χ0) is 14.9. The highest BCUT2D eigenvalue weighted by atomic mass is 15.5. The van der Waals surface area contributed by atoms with Crippen LogP contribution in [0.15, 0.2) is 0 Å². The molecule has 22 heavy (non-hydrogen) atoms. The molecule has 2 aliphatic heterocycles. The standard InChI is InChI=1S/C18H30N4/c1-2-3-11-16-18-17(14-8-5-4-6-9-14)21-12-7-10-15(21)13-22(18)20-19-16/h14-15,17H,2-13H2,1H3/t15-,17-/m0/s1. The Morgan fingerprint density at radius 2 is 1.95 bits per heavy atom. The minimum absolute atomic E-state index is 0.614. The smallest absolute Gasteiger partial charge is 0.0875 e. The minimum atomic E-state index is 0.614. The molecule has 0 radical (unpaired) electrons. The molecule has 1 saturated carbocycles. The Morgan fingerprint density at radius 3 is 2.77 bits per heavy atom. The zero-order valence-corrected chi connectivity index (χ0v) is 14.0. The summed E-state index contributed by atoms with van der Waals surface area (Å²) in [5, 5.41) is 9.15. The zero-order valence-electron chi connectivity index (χ0n) is 14.0. The van der Waals surface area contributed by atoms with Crippen LogP contribution >= 0.6 is 0 Å². The SMILES string of the molecule is CCCCc1nnn2c1[C@H](C1CCCCC1)N1CCC[C@H]1C2. The van der Waals surface area contributed by atoms with E-state index >= 15 is 0 Å². The number of hydrogen-bond donors (Lipinski definition) is 0. The van der Waals surface area contributed by atoms with Gasteiger partial charge in [0.1, 0.15) is 0 Å². The first-order chi connectivity index (χ1) is 10.9. The number of hydrogen-bond acceptors (Lipinski definition) is 3. The van der Waals surface area contributed by atoms with Gasteiger partial charge in [0.2, 0.25) is 0 Å². The van der Waals surface area contributed by atoms with Crippen LogP contribution in [-0.2, 0) is 13.0 Å². The van der Waals surface area contributed by atoms with Crippen LogP contribution in [0, 0.1) is 5.92 Å². The minimum Gasteiger partial charge on any atom is -0.290 e. The molecule has 0 bridgehead atoms. The van der Waals surface area contributed by atoms with Gasteiger partial charge < -0.3 is 0 Å². The Balaban J connectivity index is 1.68. The molecule has 1 aromatic heterocycles.